The maximum absolute atomic E-state index is 12.0. The first-order chi connectivity index (χ1) is 10.9. The standard InChI is InChI=1S/C16H20N2O5/c1-4-22-16(21)18-13-7-5-6-12(10-13)14(19)17-8-9-23-15(20)11(2)3/h5-7,10H,2,4,8-9H2,1,3H3,(H,17,19)(H,18,21). The topological polar surface area (TPSA) is 93.7 Å². The Morgan fingerprint density at radius 2 is 1.96 bits per heavy atom. The first-order valence-electron chi connectivity index (χ1n) is 7.08. The minimum Gasteiger partial charge on any atom is -0.460 e. The van der Waals surface area contributed by atoms with E-state index in [1.165, 1.54) is 6.07 Å². The molecular weight excluding hydrogens is 300 g/mol. The molecule has 124 valence electrons. The van der Waals surface area contributed by atoms with Crippen molar-refractivity contribution >= 4 is 23.7 Å². The highest BCUT2D eigenvalue weighted by atomic mass is 16.5. The lowest BCUT2D eigenvalue weighted by atomic mass is 10.2. The van der Waals surface area contributed by atoms with Crippen LogP contribution in [0.5, 0.6) is 0 Å². The number of carbonyl (C=O) groups excluding carboxylic acids is 3. The summed E-state index contributed by atoms with van der Waals surface area (Å²) in [5, 5.41) is 5.12. The van der Waals surface area contributed by atoms with Gasteiger partial charge in [-0.1, -0.05) is 12.6 Å². The Morgan fingerprint density at radius 3 is 2.61 bits per heavy atom. The third-order valence-electron chi connectivity index (χ3n) is 2.62. The third kappa shape index (κ3) is 6.64. The second-order valence-electron chi connectivity index (χ2n) is 4.60. The highest BCUT2D eigenvalue weighted by molar-refractivity contribution is 5.96. The van der Waals surface area contributed by atoms with Crippen molar-refractivity contribution in [2.24, 2.45) is 0 Å². The fraction of sp³-hybridized carbons (Fsp3) is 0.312. The lowest BCUT2D eigenvalue weighted by Gasteiger charge is -2.09. The number of anilines is 1. The second kappa shape index (κ2) is 9.24. The number of hydrogen-bond donors (Lipinski definition) is 2. The summed E-state index contributed by atoms with van der Waals surface area (Å²) < 4.78 is 9.63. The van der Waals surface area contributed by atoms with Gasteiger partial charge in [0, 0.05) is 16.8 Å². The van der Waals surface area contributed by atoms with Gasteiger partial charge < -0.3 is 14.8 Å². The van der Waals surface area contributed by atoms with Gasteiger partial charge in [-0.25, -0.2) is 9.59 Å². The molecule has 0 radical (unpaired) electrons. The van der Waals surface area contributed by atoms with Gasteiger partial charge in [0.15, 0.2) is 0 Å². The Morgan fingerprint density at radius 1 is 1.22 bits per heavy atom. The van der Waals surface area contributed by atoms with Crippen LogP contribution in [0.15, 0.2) is 36.4 Å². The number of amides is 2. The first-order valence-corrected chi connectivity index (χ1v) is 7.08. The molecule has 0 saturated carbocycles. The lowest BCUT2D eigenvalue weighted by molar-refractivity contribution is -0.138. The zero-order chi connectivity index (χ0) is 17.2. The Labute approximate surface area is 134 Å². The Kier molecular flexibility index (Phi) is 7.32. The molecule has 23 heavy (non-hydrogen) atoms. The molecule has 0 saturated heterocycles. The van der Waals surface area contributed by atoms with E-state index in [0.29, 0.717) is 16.8 Å². The van der Waals surface area contributed by atoms with Crippen LogP contribution in [-0.2, 0) is 14.3 Å². The molecule has 7 heteroatoms. The van der Waals surface area contributed by atoms with E-state index in [9.17, 15) is 14.4 Å². The largest absolute Gasteiger partial charge is 0.460 e. The van der Waals surface area contributed by atoms with Gasteiger partial charge in [-0.2, -0.15) is 0 Å². The number of rotatable bonds is 7. The predicted molar refractivity (Wildman–Crippen MR) is 85.2 cm³/mol. The highest BCUT2D eigenvalue weighted by Gasteiger charge is 2.08. The van der Waals surface area contributed by atoms with Crippen molar-refractivity contribution < 1.29 is 23.9 Å². The van der Waals surface area contributed by atoms with Crippen molar-refractivity contribution in [3.63, 3.8) is 0 Å². The molecule has 0 unspecified atom stereocenters. The summed E-state index contributed by atoms with van der Waals surface area (Å²) in [5.74, 6) is -0.844. The zero-order valence-electron chi connectivity index (χ0n) is 13.2. The minimum atomic E-state index is -0.586. The number of nitrogens with one attached hydrogen (secondary N) is 2. The fourth-order valence-corrected chi connectivity index (χ4v) is 1.56. The van der Waals surface area contributed by atoms with Crippen LogP contribution in [0.2, 0.25) is 0 Å². The summed E-state index contributed by atoms with van der Waals surface area (Å²) in [6, 6.07) is 6.40. The zero-order valence-corrected chi connectivity index (χ0v) is 13.2. The van der Waals surface area contributed by atoms with E-state index in [1.54, 1.807) is 32.0 Å². The minimum absolute atomic E-state index is 0.0538. The van der Waals surface area contributed by atoms with E-state index in [0.717, 1.165) is 0 Å². The first kappa shape index (κ1) is 18.2. The molecule has 1 aromatic rings. The molecule has 0 bridgehead atoms. The van der Waals surface area contributed by atoms with Crippen LogP contribution in [0.1, 0.15) is 24.2 Å². The lowest BCUT2D eigenvalue weighted by Crippen LogP contribution is -2.28. The van der Waals surface area contributed by atoms with Crippen LogP contribution in [0.3, 0.4) is 0 Å². The van der Waals surface area contributed by atoms with Crippen LogP contribution in [0.25, 0.3) is 0 Å². The monoisotopic (exact) mass is 320 g/mol. The van der Waals surface area contributed by atoms with Gasteiger partial charge in [-0.3, -0.25) is 10.1 Å². The number of carbonyl (C=O) groups is 3. The summed E-state index contributed by atoms with van der Waals surface area (Å²) in [7, 11) is 0. The molecule has 7 nitrogen and oxygen atoms in total. The predicted octanol–water partition coefficient (Wildman–Crippen LogP) is 2.10. The molecule has 0 fully saturated rings. The number of esters is 1. The second-order valence-corrected chi connectivity index (χ2v) is 4.60. The van der Waals surface area contributed by atoms with E-state index in [2.05, 4.69) is 17.2 Å². The van der Waals surface area contributed by atoms with Gasteiger partial charge in [-0.15, -0.1) is 0 Å². The van der Waals surface area contributed by atoms with Crippen molar-refractivity contribution in [3.8, 4) is 0 Å². The van der Waals surface area contributed by atoms with Crippen LogP contribution in [0.4, 0.5) is 10.5 Å². The summed E-state index contributed by atoms with van der Waals surface area (Å²) in [4.78, 5) is 34.5. The summed E-state index contributed by atoms with van der Waals surface area (Å²) in [6.07, 6.45) is -0.586. The van der Waals surface area contributed by atoms with Crippen molar-refractivity contribution in [2.75, 3.05) is 25.1 Å². The quantitative estimate of drug-likeness (QED) is 0.456. The van der Waals surface area contributed by atoms with E-state index in [4.69, 9.17) is 9.47 Å². The molecule has 0 heterocycles. The van der Waals surface area contributed by atoms with Crippen molar-refractivity contribution in [3.05, 3.63) is 42.0 Å². The van der Waals surface area contributed by atoms with Gasteiger partial charge in [0.25, 0.3) is 5.91 Å². The normalized spacial score (nSPS) is 9.65. The van der Waals surface area contributed by atoms with Gasteiger partial charge >= 0.3 is 12.1 Å². The van der Waals surface area contributed by atoms with Crippen LogP contribution in [0, 0.1) is 0 Å². The average molecular weight is 320 g/mol. The molecular formula is C16H20N2O5. The van der Waals surface area contributed by atoms with Crippen LogP contribution >= 0.6 is 0 Å². The Hall–Kier alpha value is -2.83. The Bertz CT molecular complexity index is 598. The molecule has 0 aliphatic rings. The summed E-state index contributed by atoms with van der Waals surface area (Å²) in [5.41, 5.74) is 1.12. The van der Waals surface area contributed by atoms with E-state index >= 15 is 0 Å². The average Bonchev–Trinajstić information content (AvgIpc) is 2.51. The summed E-state index contributed by atoms with van der Waals surface area (Å²) >= 11 is 0. The van der Waals surface area contributed by atoms with E-state index in [-0.39, 0.29) is 25.7 Å². The molecule has 0 aromatic heterocycles. The molecule has 0 atom stereocenters. The van der Waals surface area contributed by atoms with Crippen LogP contribution < -0.4 is 10.6 Å². The van der Waals surface area contributed by atoms with Gasteiger partial charge in [0.2, 0.25) is 0 Å². The molecule has 1 aromatic carbocycles. The molecule has 0 aliphatic heterocycles. The van der Waals surface area contributed by atoms with Crippen molar-refractivity contribution in [1.82, 2.24) is 5.32 Å². The number of benzene rings is 1. The van der Waals surface area contributed by atoms with Crippen molar-refractivity contribution in [2.45, 2.75) is 13.8 Å². The number of hydrogen-bond acceptors (Lipinski definition) is 5. The maximum Gasteiger partial charge on any atom is 0.411 e. The third-order valence-corrected chi connectivity index (χ3v) is 2.62. The molecule has 2 amide bonds. The molecule has 2 N–H and O–H groups in total. The van der Waals surface area contributed by atoms with Crippen molar-refractivity contribution in [1.29, 1.82) is 0 Å². The van der Waals surface area contributed by atoms with Gasteiger partial charge in [-0.05, 0) is 32.0 Å². The Balaban J connectivity index is 2.48. The van der Waals surface area contributed by atoms with Gasteiger partial charge in [0.05, 0.1) is 13.2 Å². The molecule has 1 rings (SSSR count). The molecule has 0 spiro atoms. The summed E-state index contributed by atoms with van der Waals surface area (Å²) in [6.45, 7) is 7.19. The smallest absolute Gasteiger partial charge is 0.411 e. The van der Waals surface area contributed by atoms with E-state index in [1.807, 2.05) is 0 Å². The molecule has 0 aliphatic carbocycles. The maximum atomic E-state index is 12.0. The van der Waals surface area contributed by atoms with Crippen LogP contribution in [-0.4, -0.2) is 37.7 Å². The highest BCUT2D eigenvalue weighted by Crippen LogP contribution is 2.11. The fourth-order valence-electron chi connectivity index (χ4n) is 1.56. The van der Waals surface area contributed by atoms with Gasteiger partial charge in [0.1, 0.15) is 6.61 Å². The van der Waals surface area contributed by atoms with E-state index < -0.39 is 12.1 Å². The SMILES string of the molecule is C=C(C)C(=O)OCCNC(=O)c1cccc(NC(=O)OCC)c1. The number of ether oxygens (including phenoxy) is 2.